The highest BCUT2D eigenvalue weighted by atomic mass is 16.3. The Kier molecular flexibility index (Phi) is 8.95. The van der Waals surface area contributed by atoms with Crippen molar-refractivity contribution < 1.29 is 5.11 Å². The zero-order chi connectivity index (χ0) is 9.23. The fourth-order valence-corrected chi connectivity index (χ4v) is 1.30. The normalized spacial score (nSPS) is 13.2. The van der Waals surface area contributed by atoms with Crippen molar-refractivity contribution in [3.8, 4) is 0 Å². The van der Waals surface area contributed by atoms with Crippen LogP contribution in [0.15, 0.2) is 0 Å². The van der Waals surface area contributed by atoms with Crippen LogP contribution in [0.25, 0.3) is 0 Å². The molecular weight excluding hydrogens is 150 g/mol. The quantitative estimate of drug-likeness (QED) is 0.552. The second kappa shape index (κ2) is 9.01. The van der Waals surface area contributed by atoms with Gasteiger partial charge in [-0.05, 0) is 32.2 Å². The van der Waals surface area contributed by atoms with Crippen molar-refractivity contribution in [3.05, 3.63) is 0 Å². The summed E-state index contributed by atoms with van der Waals surface area (Å²) in [7, 11) is 0. The number of aliphatic hydroxyl groups is 1. The lowest BCUT2D eigenvalue weighted by molar-refractivity contribution is 0.148. The van der Waals surface area contributed by atoms with E-state index in [9.17, 15) is 5.11 Å². The van der Waals surface area contributed by atoms with Crippen molar-refractivity contribution in [3.63, 3.8) is 0 Å². The third kappa shape index (κ3) is 8.02. The number of nitrogens with two attached hydrogens (primary N) is 1. The second-order valence-corrected chi connectivity index (χ2v) is 3.43. The molecule has 0 aliphatic heterocycles. The first-order valence-corrected chi connectivity index (χ1v) is 5.19. The van der Waals surface area contributed by atoms with E-state index in [2.05, 4.69) is 6.92 Å². The molecule has 0 aromatic heterocycles. The summed E-state index contributed by atoms with van der Waals surface area (Å²) in [6, 6.07) is 0. The lowest BCUT2D eigenvalue weighted by atomic mass is 10.1. The summed E-state index contributed by atoms with van der Waals surface area (Å²) >= 11 is 0. The molecule has 0 radical (unpaired) electrons. The van der Waals surface area contributed by atoms with Crippen LogP contribution in [0.4, 0.5) is 0 Å². The van der Waals surface area contributed by atoms with Crippen molar-refractivity contribution in [2.75, 3.05) is 6.54 Å². The van der Waals surface area contributed by atoms with Gasteiger partial charge >= 0.3 is 0 Å². The van der Waals surface area contributed by atoms with Crippen molar-refractivity contribution in [2.24, 2.45) is 5.73 Å². The number of hydrogen-bond donors (Lipinski definition) is 2. The summed E-state index contributed by atoms with van der Waals surface area (Å²) in [6.07, 6.45) is 7.58. The van der Waals surface area contributed by atoms with Gasteiger partial charge in [0.05, 0.1) is 6.10 Å². The summed E-state index contributed by atoms with van der Waals surface area (Å²) in [4.78, 5) is 0. The molecule has 3 N–H and O–H groups in total. The molecule has 0 fully saturated rings. The standard InChI is InChI=1S/C10H23NO/c1-2-3-4-7-10(12)8-5-6-9-11/h10,12H,2-9,11H2,1H3. The minimum Gasteiger partial charge on any atom is -0.393 e. The summed E-state index contributed by atoms with van der Waals surface area (Å²) in [6.45, 7) is 2.93. The Morgan fingerprint density at radius 1 is 1.08 bits per heavy atom. The molecule has 0 bridgehead atoms. The van der Waals surface area contributed by atoms with Crippen LogP contribution in [0.2, 0.25) is 0 Å². The Hall–Kier alpha value is -0.0800. The number of unbranched alkanes of at least 4 members (excludes halogenated alkanes) is 3. The summed E-state index contributed by atoms with van der Waals surface area (Å²) in [5.41, 5.74) is 5.35. The fraction of sp³-hybridized carbons (Fsp3) is 1.00. The van der Waals surface area contributed by atoms with E-state index in [0.717, 1.165) is 32.2 Å². The molecule has 0 rings (SSSR count). The second-order valence-electron chi connectivity index (χ2n) is 3.43. The van der Waals surface area contributed by atoms with E-state index < -0.39 is 0 Å². The molecule has 0 aromatic carbocycles. The van der Waals surface area contributed by atoms with Gasteiger partial charge in [-0.3, -0.25) is 0 Å². The first-order valence-electron chi connectivity index (χ1n) is 5.19. The largest absolute Gasteiger partial charge is 0.393 e. The van der Waals surface area contributed by atoms with Gasteiger partial charge in [-0.1, -0.05) is 26.2 Å². The van der Waals surface area contributed by atoms with Crippen LogP contribution in [0.3, 0.4) is 0 Å². The van der Waals surface area contributed by atoms with Gasteiger partial charge in [-0.15, -0.1) is 0 Å². The van der Waals surface area contributed by atoms with E-state index in [1.807, 2.05) is 0 Å². The van der Waals surface area contributed by atoms with Gasteiger partial charge in [0, 0.05) is 0 Å². The Balaban J connectivity index is 3.04. The van der Waals surface area contributed by atoms with Gasteiger partial charge in [0.15, 0.2) is 0 Å². The third-order valence-corrected chi connectivity index (χ3v) is 2.13. The highest BCUT2D eigenvalue weighted by Crippen LogP contribution is 2.08. The lowest BCUT2D eigenvalue weighted by Gasteiger charge is -2.08. The number of hydrogen-bond acceptors (Lipinski definition) is 2. The number of aliphatic hydroxyl groups excluding tert-OH is 1. The van der Waals surface area contributed by atoms with E-state index in [1.54, 1.807) is 0 Å². The molecule has 0 saturated carbocycles. The molecular formula is C10H23NO. The maximum atomic E-state index is 9.46. The van der Waals surface area contributed by atoms with E-state index in [4.69, 9.17) is 5.73 Å². The average Bonchev–Trinajstić information content (AvgIpc) is 2.06. The van der Waals surface area contributed by atoms with Gasteiger partial charge in [0.1, 0.15) is 0 Å². The Bertz CT molecular complexity index is 75.9. The van der Waals surface area contributed by atoms with Crippen molar-refractivity contribution in [1.82, 2.24) is 0 Å². The molecule has 0 spiro atoms. The van der Waals surface area contributed by atoms with Crippen LogP contribution in [0, 0.1) is 0 Å². The van der Waals surface area contributed by atoms with Crippen LogP contribution < -0.4 is 5.73 Å². The molecule has 0 saturated heterocycles. The van der Waals surface area contributed by atoms with Crippen LogP contribution in [0.5, 0.6) is 0 Å². The fourth-order valence-electron chi connectivity index (χ4n) is 1.30. The highest BCUT2D eigenvalue weighted by molar-refractivity contribution is 4.56. The summed E-state index contributed by atoms with van der Waals surface area (Å²) < 4.78 is 0. The van der Waals surface area contributed by atoms with Gasteiger partial charge in [-0.2, -0.15) is 0 Å². The minimum atomic E-state index is -0.0805. The maximum Gasteiger partial charge on any atom is 0.0540 e. The van der Waals surface area contributed by atoms with Crippen LogP contribution >= 0.6 is 0 Å². The monoisotopic (exact) mass is 173 g/mol. The highest BCUT2D eigenvalue weighted by Gasteiger charge is 2.02. The molecule has 2 nitrogen and oxygen atoms in total. The lowest BCUT2D eigenvalue weighted by Crippen LogP contribution is -2.07. The minimum absolute atomic E-state index is 0.0805. The molecule has 0 heterocycles. The van der Waals surface area contributed by atoms with E-state index in [1.165, 1.54) is 19.3 Å². The molecule has 0 aliphatic rings. The topological polar surface area (TPSA) is 46.2 Å². The molecule has 1 atom stereocenters. The van der Waals surface area contributed by atoms with Crippen LogP contribution in [-0.2, 0) is 0 Å². The van der Waals surface area contributed by atoms with Crippen molar-refractivity contribution >= 4 is 0 Å². The average molecular weight is 173 g/mol. The predicted octanol–water partition coefficient (Wildman–Crippen LogP) is 2.06. The van der Waals surface area contributed by atoms with E-state index in [-0.39, 0.29) is 6.10 Å². The zero-order valence-electron chi connectivity index (χ0n) is 8.26. The van der Waals surface area contributed by atoms with Crippen LogP contribution in [-0.4, -0.2) is 17.8 Å². The van der Waals surface area contributed by atoms with Gasteiger partial charge in [-0.25, -0.2) is 0 Å². The van der Waals surface area contributed by atoms with E-state index >= 15 is 0 Å². The van der Waals surface area contributed by atoms with Gasteiger partial charge in [0.25, 0.3) is 0 Å². The van der Waals surface area contributed by atoms with Crippen molar-refractivity contribution in [2.45, 2.75) is 58.0 Å². The first-order chi connectivity index (χ1) is 5.81. The summed E-state index contributed by atoms with van der Waals surface area (Å²) in [5.74, 6) is 0. The summed E-state index contributed by atoms with van der Waals surface area (Å²) in [5, 5.41) is 9.46. The Morgan fingerprint density at radius 2 is 1.67 bits per heavy atom. The number of rotatable bonds is 8. The smallest absolute Gasteiger partial charge is 0.0540 e. The molecule has 12 heavy (non-hydrogen) atoms. The molecule has 1 unspecified atom stereocenters. The zero-order valence-corrected chi connectivity index (χ0v) is 8.26. The third-order valence-electron chi connectivity index (χ3n) is 2.13. The van der Waals surface area contributed by atoms with Crippen molar-refractivity contribution in [1.29, 1.82) is 0 Å². The van der Waals surface area contributed by atoms with Crippen LogP contribution in [0.1, 0.15) is 51.9 Å². The Labute approximate surface area is 76.2 Å². The maximum absolute atomic E-state index is 9.46. The molecule has 74 valence electrons. The predicted molar refractivity (Wildman–Crippen MR) is 53.1 cm³/mol. The van der Waals surface area contributed by atoms with Gasteiger partial charge in [0.2, 0.25) is 0 Å². The molecule has 0 aliphatic carbocycles. The SMILES string of the molecule is CCCCCC(O)CCCCN. The molecule has 0 aromatic rings. The van der Waals surface area contributed by atoms with E-state index in [0.29, 0.717) is 0 Å². The Morgan fingerprint density at radius 3 is 2.17 bits per heavy atom. The van der Waals surface area contributed by atoms with Gasteiger partial charge < -0.3 is 10.8 Å². The first kappa shape index (κ1) is 11.9. The molecule has 0 amide bonds. The molecule has 2 heteroatoms.